The number of nitrogens with one attached hydrogen (secondary N) is 4. The largest absolute Gasteiger partial charge is 0.493 e. The second-order valence-corrected chi connectivity index (χ2v) is 30.0. The molecule has 0 aliphatic carbocycles. The van der Waals surface area contributed by atoms with Crippen molar-refractivity contribution in [3.05, 3.63) is 0 Å². The van der Waals surface area contributed by atoms with Crippen molar-refractivity contribution in [1.82, 2.24) is 40.9 Å². The Morgan fingerprint density at radius 3 is 0.723 bits per heavy atom. The fraction of sp³-hybridized carbons (Fsp3) is 1.00. The Morgan fingerprint density at radius 2 is 0.508 bits per heavy atom. The highest BCUT2D eigenvalue weighted by molar-refractivity contribution is 6.84. The van der Waals surface area contributed by atoms with Crippen LogP contribution in [0.3, 0.4) is 0 Å². The van der Waals surface area contributed by atoms with E-state index in [0.29, 0.717) is 75.9 Å². The van der Waals surface area contributed by atoms with Crippen LogP contribution in [0.15, 0.2) is 0 Å². The van der Waals surface area contributed by atoms with Crippen LogP contribution < -0.4 is 21.3 Å². The van der Waals surface area contributed by atoms with E-state index in [0.717, 1.165) is 130 Å². The van der Waals surface area contributed by atoms with Gasteiger partial charge in [0.25, 0.3) is 0 Å². The first-order chi connectivity index (χ1) is 31.4. The first-order valence-electron chi connectivity index (χ1n) is 26.2. The molecular weight excluding hydrogens is 897 g/mol. The molecule has 21 heteroatoms. The third kappa shape index (κ3) is 19.0. The summed E-state index contributed by atoms with van der Waals surface area (Å²) in [5, 5.41) is 14.1. The topological polar surface area (TPSA) is 144 Å². The molecule has 0 saturated carbocycles. The Balaban J connectivity index is 1.83. The van der Waals surface area contributed by atoms with Crippen LogP contribution in [0.25, 0.3) is 0 Å². The molecule has 65 heavy (non-hydrogen) atoms. The van der Waals surface area contributed by atoms with Crippen molar-refractivity contribution in [1.29, 1.82) is 0 Å². The van der Waals surface area contributed by atoms with Crippen molar-refractivity contribution in [3.63, 3.8) is 0 Å². The molecule has 0 aromatic rings. The van der Waals surface area contributed by atoms with Gasteiger partial charge in [-0.05, 0) is 94.9 Å². The second kappa shape index (κ2) is 30.8. The minimum Gasteiger partial charge on any atom is -0.375 e. The van der Waals surface area contributed by atoms with Crippen LogP contribution in [0.5, 0.6) is 0 Å². The summed E-state index contributed by atoms with van der Waals surface area (Å²) in [6.07, 6.45) is 3.40. The van der Waals surface area contributed by atoms with E-state index in [2.05, 4.69) is 82.4 Å². The molecule has 0 spiro atoms. The Morgan fingerprint density at radius 1 is 0.323 bits per heavy atom. The van der Waals surface area contributed by atoms with E-state index in [1.165, 1.54) is 0 Å². The predicted molar refractivity (Wildman–Crippen MR) is 269 cm³/mol. The fourth-order valence-electron chi connectivity index (χ4n) is 9.89. The second-order valence-electron chi connectivity index (χ2n) is 18.3. The van der Waals surface area contributed by atoms with Crippen LogP contribution in [0.1, 0.15) is 94.9 Å². The van der Waals surface area contributed by atoms with Gasteiger partial charge in [-0.3, -0.25) is 19.6 Å². The number of nitrogens with zero attached hydrogens (tertiary/aromatic N) is 4. The predicted octanol–water partition coefficient (Wildman–Crippen LogP) is 3.75. The molecule has 0 aromatic heterocycles. The summed E-state index contributed by atoms with van der Waals surface area (Å²) >= 11 is 0. The fourth-order valence-corrected chi connectivity index (χ4v) is 27.8. The van der Waals surface area contributed by atoms with Crippen LogP contribution in [0.2, 0.25) is 24.2 Å². The van der Waals surface area contributed by atoms with Crippen LogP contribution >= 0.6 is 0 Å². The third-order valence-electron chi connectivity index (χ3n) is 13.7. The lowest BCUT2D eigenvalue weighted by molar-refractivity contribution is 0.0306. The number of hydrogen-bond donors (Lipinski definition) is 4. The molecule has 6 unspecified atom stereocenters. The summed E-state index contributed by atoms with van der Waals surface area (Å²) in [4.78, 5) is 10.3. The van der Waals surface area contributed by atoms with Gasteiger partial charge in [-0.2, -0.15) is 0 Å². The normalized spacial score (nSPS) is 23.2. The van der Waals surface area contributed by atoms with E-state index in [-0.39, 0.29) is 12.1 Å². The maximum Gasteiger partial charge on any atom is 0.493 e. The van der Waals surface area contributed by atoms with Crippen molar-refractivity contribution >= 4 is 35.2 Å². The quantitative estimate of drug-likeness (QED) is 0.0695. The number of piperazine rings is 4. The Labute approximate surface area is 401 Å². The molecule has 4 aliphatic heterocycles. The van der Waals surface area contributed by atoms with Crippen molar-refractivity contribution < 1.29 is 38.9 Å². The van der Waals surface area contributed by atoms with Crippen molar-refractivity contribution in [2.45, 2.75) is 143 Å². The Kier molecular flexibility index (Phi) is 27.4. The molecule has 4 fully saturated rings. The van der Waals surface area contributed by atoms with Gasteiger partial charge in [0.05, 0.1) is 0 Å². The molecule has 0 amide bonds. The van der Waals surface area contributed by atoms with E-state index in [4.69, 9.17) is 38.9 Å². The van der Waals surface area contributed by atoms with E-state index in [1.807, 2.05) is 27.7 Å². The van der Waals surface area contributed by atoms with E-state index in [9.17, 15) is 0 Å². The summed E-state index contributed by atoms with van der Waals surface area (Å²) in [5.74, 6) is 0. The Bertz CT molecular complexity index is 1150. The monoisotopic (exact) mass is 995 g/mol. The van der Waals surface area contributed by atoms with E-state index >= 15 is 0 Å². The lowest BCUT2D eigenvalue weighted by Crippen LogP contribution is -2.68. The molecule has 384 valence electrons. The molecular formula is C44H98N8O9Si4. The molecule has 4 heterocycles. The van der Waals surface area contributed by atoms with Gasteiger partial charge in [-0.1, -0.05) is 0 Å². The molecule has 6 atom stereocenters. The smallest absolute Gasteiger partial charge is 0.375 e. The molecule has 0 radical (unpaired) electrons. The van der Waals surface area contributed by atoms with Gasteiger partial charge in [0.1, 0.15) is 0 Å². The van der Waals surface area contributed by atoms with Gasteiger partial charge < -0.3 is 60.2 Å². The molecule has 0 bridgehead atoms. The minimum absolute atomic E-state index is 0.281. The summed E-state index contributed by atoms with van der Waals surface area (Å²) < 4.78 is 65.3. The zero-order valence-corrected chi connectivity index (χ0v) is 47.0. The van der Waals surface area contributed by atoms with Crippen LogP contribution in [0.4, 0.5) is 0 Å². The summed E-state index contributed by atoms with van der Waals surface area (Å²) in [5.41, 5.74) is 0. The van der Waals surface area contributed by atoms with Gasteiger partial charge in [-0.25, -0.2) is 0 Å². The Hall–Kier alpha value is 0.188. The average molecular weight is 996 g/mol. The van der Waals surface area contributed by atoms with Gasteiger partial charge >= 0.3 is 35.2 Å². The van der Waals surface area contributed by atoms with Gasteiger partial charge in [-0.15, -0.1) is 0 Å². The van der Waals surface area contributed by atoms with Crippen molar-refractivity contribution in [2.75, 3.05) is 144 Å². The lowest BCUT2D eigenvalue weighted by atomic mass is 10.2. The lowest BCUT2D eigenvalue weighted by Gasteiger charge is -2.46. The first-order valence-corrected chi connectivity index (χ1v) is 33.9. The van der Waals surface area contributed by atoms with Gasteiger partial charge in [0, 0.05) is 193 Å². The zero-order chi connectivity index (χ0) is 47.0. The molecule has 4 rings (SSSR count). The van der Waals surface area contributed by atoms with Crippen LogP contribution in [0, 0.1) is 0 Å². The zero-order valence-electron chi connectivity index (χ0n) is 43.0. The molecule has 0 aromatic carbocycles. The number of hydrogen-bond acceptors (Lipinski definition) is 17. The summed E-state index contributed by atoms with van der Waals surface area (Å²) in [6, 6.07) is 3.70. The first kappa shape index (κ1) is 57.8. The highest BCUT2D eigenvalue weighted by Crippen LogP contribution is 2.38. The van der Waals surface area contributed by atoms with Crippen LogP contribution in [-0.4, -0.2) is 223 Å². The highest BCUT2D eigenvalue weighted by Gasteiger charge is 2.62. The molecule has 17 nitrogen and oxygen atoms in total. The third-order valence-corrected chi connectivity index (χ3v) is 29.1. The maximum absolute atomic E-state index is 7.96. The van der Waals surface area contributed by atoms with E-state index < -0.39 is 35.2 Å². The van der Waals surface area contributed by atoms with Crippen molar-refractivity contribution in [3.8, 4) is 0 Å². The SMILES string of the molecule is CCO[Si](CCC(C)N1CCNCC1)(OCC)O[Si](CCC(C)N1CCNCC1)(OCC)O[Si](CCC(C)N1CCNCC1)(OCC)O[Si](CCC(C)N1CCNCC1)(OCC)OCC. The summed E-state index contributed by atoms with van der Waals surface area (Å²) in [7, 11) is -14.5. The van der Waals surface area contributed by atoms with Crippen LogP contribution in [-0.2, 0) is 38.9 Å². The molecule has 4 saturated heterocycles. The standard InChI is InChI=1S/C44H98N8O9Si4/c1-11-53-62(54-12-2,37-17-41(7)49-29-21-45-22-30-49)59-64(57-15-5,39-19-43(9)51-33-25-47-26-34-51)61-65(58-16-6,40-20-44(10)52-35-27-48-28-36-52)60-63(55-13-3,56-14-4)38-18-42(8)50-31-23-46-24-32-50/h41-48H,11-40H2,1-10H3. The van der Waals surface area contributed by atoms with E-state index in [1.54, 1.807) is 0 Å². The summed E-state index contributed by atoms with van der Waals surface area (Å²) in [6.45, 7) is 40.3. The minimum atomic E-state index is -3.81. The maximum atomic E-state index is 7.96. The van der Waals surface area contributed by atoms with Gasteiger partial charge in [0.15, 0.2) is 0 Å². The number of rotatable bonds is 34. The average Bonchev–Trinajstić information content (AvgIpc) is 3.32. The van der Waals surface area contributed by atoms with Gasteiger partial charge in [0.2, 0.25) is 0 Å². The molecule has 4 aliphatic rings. The highest BCUT2D eigenvalue weighted by atomic mass is 28.5. The van der Waals surface area contributed by atoms with Crippen molar-refractivity contribution in [2.24, 2.45) is 0 Å². The molecule has 4 N–H and O–H groups in total.